The van der Waals surface area contributed by atoms with Gasteiger partial charge in [0.2, 0.25) is 5.91 Å². The highest BCUT2D eigenvalue weighted by Crippen LogP contribution is 2.44. The first-order valence-electron chi connectivity index (χ1n) is 11.0. The number of hydrogen-bond acceptors (Lipinski definition) is 3. The highest BCUT2D eigenvalue weighted by molar-refractivity contribution is 5.91. The summed E-state index contributed by atoms with van der Waals surface area (Å²) in [6.45, 7) is 5.49. The molecule has 6 nitrogen and oxygen atoms in total. The molecule has 164 valence electrons. The molecule has 0 radical (unpaired) electrons. The molecule has 2 aromatic carbocycles. The van der Waals surface area contributed by atoms with Crippen LogP contribution in [0.25, 0.3) is 0 Å². The number of fused-ring (bicyclic) bond motifs is 1. The van der Waals surface area contributed by atoms with Gasteiger partial charge < -0.3 is 15.1 Å². The van der Waals surface area contributed by atoms with Crippen molar-refractivity contribution in [1.29, 1.82) is 0 Å². The third kappa shape index (κ3) is 4.30. The molecule has 0 spiro atoms. The van der Waals surface area contributed by atoms with E-state index in [-0.39, 0.29) is 17.9 Å². The van der Waals surface area contributed by atoms with Gasteiger partial charge in [-0.1, -0.05) is 49.4 Å². The molecule has 2 aliphatic rings. The van der Waals surface area contributed by atoms with Crippen LogP contribution in [0, 0.1) is 11.3 Å². The number of nitrogens with zero attached hydrogens (tertiary/aromatic N) is 3. The fraction of sp³-hybridized carbons (Fsp3) is 0.440. The number of aryl methyl sites for hydroxylation is 1. The third-order valence-corrected chi connectivity index (χ3v) is 6.63. The number of anilines is 1. The molecule has 0 unspecified atom stereocenters. The van der Waals surface area contributed by atoms with E-state index in [1.165, 1.54) is 11.1 Å². The van der Waals surface area contributed by atoms with E-state index in [1.54, 1.807) is 4.90 Å². The van der Waals surface area contributed by atoms with Gasteiger partial charge >= 0.3 is 6.03 Å². The Kier molecular flexibility index (Phi) is 6.01. The van der Waals surface area contributed by atoms with Crippen LogP contribution in [0.2, 0.25) is 0 Å². The standard InChI is InChI=1S/C25H32N4O2/c1-4-19-11-8-12-22(13-19)26-24(31)29-16-21-15-28(14-20-9-6-5-7-10-20)17-25(21,18-29)23(30)27(2)3/h5-13,21H,4,14-18H2,1-3H3,(H,26,31)/t21-,25-/m0/s1. The number of nitrogens with one attached hydrogen (secondary N) is 1. The predicted octanol–water partition coefficient (Wildman–Crippen LogP) is 3.30. The molecule has 2 aromatic rings. The van der Waals surface area contributed by atoms with Gasteiger partial charge in [-0.2, -0.15) is 0 Å². The summed E-state index contributed by atoms with van der Waals surface area (Å²) >= 11 is 0. The fourth-order valence-corrected chi connectivity index (χ4v) is 5.11. The van der Waals surface area contributed by atoms with E-state index in [0.717, 1.165) is 25.2 Å². The SMILES string of the molecule is CCc1cccc(NC(=O)N2C[C@@H]3CN(Cc4ccccc4)C[C@]3(C(=O)N(C)C)C2)c1. The van der Waals surface area contributed by atoms with Crippen LogP contribution in [-0.2, 0) is 17.8 Å². The van der Waals surface area contributed by atoms with Gasteiger partial charge in [0.05, 0.1) is 5.41 Å². The maximum Gasteiger partial charge on any atom is 0.321 e. The Morgan fingerprint density at radius 2 is 1.77 bits per heavy atom. The quantitative estimate of drug-likeness (QED) is 0.808. The van der Waals surface area contributed by atoms with Crippen molar-refractivity contribution in [3.8, 4) is 0 Å². The maximum absolute atomic E-state index is 13.3. The number of carbonyl (C=O) groups is 2. The van der Waals surface area contributed by atoms with Crippen molar-refractivity contribution in [3.05, 3.63) is 65.7 Å². The first kappa shape index (κ1) is 21.4. The van der Waals surface area contributed by atoms with E-state index < -0.39 is 5.41 Å². The zero-order valence-electron chi connectivity index (χ0n) is 18.7. The van der Waals surface area contributed by atoms with Crippen LogP contribution in [0.4, 0.5) is 10.5 Å². The lowest BCUT2D eigenvalue weighted by Gasteiger charge is -2.31. The summed E-state index contributed by atoms with van der Waals surface area (Å²) in [7, 11) is 3.62. The number of likely N-dealkylation sites (tertiary alicyclic amines) is 2. The molecule has 4 rings (SSSR count). The number of benzene rings is 2. The van der Waals surface area contributed by atoms with Crippen molar-refractivity contribution in [2.24, 2.45) is 11.3 Å². The molecule has 2 saturated heterocycles. The third-order valence-electron chi connectivity index (χ3n) is 6.63. The fourth-order valence-electron chi connectivity index (χ4n) is 5.11. The highest BCUT2D eigenvalue weighted by atomic mass is 16.2. The smallest absolute Gasteiger partial charge is 0.321 e. The zero-order valence-corrected chi connectivity index (χ0v) is 18.7. The number of urea groups is 1. The minimum Gasteiger partial charge on any atom is -0.348 e. The van der Waals surface area contributed by atoms with Crippen LogP contribution in [0.5, 0.6) is 0 Å². The van der Waals surface area contributed by atoms with Crippen molar-refractivity contribution in [1.82, 2.24) is 14.7 Å². The Hall–Kier alpha value is -2.86. The predicted molar refractivity (Wildman–Crippen MR) is 123 cm³/mol. The van der Waals surface area contributed by atoms with Crippen LogP contribution in [0.1, 0.15) is 18.1 Å². The molecule has 2 fully saturated rings. The number of hydrogen-bond donors (Lipinski definition) is 1. The van der Waals surface area contributed by atoms with E-state index in [0.29, 0.717) is 19.6 Å². The van der Waals surface area contributed by atoms with E-state index in [9.17, 15) is 9.59 Å². The maximum atomic E-state index is 13.3. The Bertz CT molecular complexity index is 946. The normalized spacial score (nSPS) is 22.9. The average Bonchev–Trinajstić information content (AvgIpc) is 3.28. The molecule has 2 heterocycles. The topological polar surface area (TPSA) is 55.9 Å². The monoisotopic (exact) mass is 420 g/mol. The first-order chi connectivity index (χ1) is 14.9. The molecule has 3 amide bonds. The van der Waals surface area contributed by atoms with Crippen molar-refractivity contribution < 1.29 is 9.59 Å². The zero-order chi connectivity index (χ0) is 22.0. The Morgan fingerprint density at radius 1 is 1.03 bits per heavy atom. The van der Waals surface area contributed by atoms with Gasteiger partial charge in [0.15, 0.2) is 0 Å². The number of carbonyl (C=O) groups excluding carboxylic acids is 2. The minimum atomic E-state index is -0.541. The van der Waals surface area contributed by atoms with Gasteiger partial charge in [-0.15, -0.1) is 0 Å². The Balaban J connectivity index is 1.49. The molecular formula is C25H32N4O2. The summed E-state index contributed by atoms with van der Waals surface area (Å²) in [6, 6.07) is 18.2. The van der Waals surface area contributed by atoms with Crippen LogP contribution in [-0.4, -0.2) is 66.9 Å². The van der Waals surface area contributed by atoms with Gasteiger partial charge in [-0.05, 0) is 29.7 Å². The molecule has 0 saturated carbocycles. The molecule has 1 N–H and O–H groups in total. The second-order valence-electron chi connectivity index (χ2n) is 9.07. The number of rotatable bonds is 5. The molecular weight excluding hydrogens is 388 g/mol. The van der Waals surface area contributed by atoms with Crippen LogP contribution in [0.3, 0.4) is 0 Å². The Morgan fingerprint density at radius 3 is 2.48 bits per heavy atom. The van der Waals surface area contributed by atoms with Crippen molar-refractivity contribution in [2.45, 2.75) is 19.9 Å². The lowest BCUT2D eigenvalue weighted by molar-refractivity contribution is -0.139. The molecule has 2 atom stereocenters. The summed E-state index contributed by atoms with van der Waals surface area (Å²) in [6.07, 6.45) is 0.924. The lowest BCUT2D eigenvalue weighted by Crippen LogP contribution is -2.47. The van der Waals surface area contributed by atoms with E-state index >= 15 is 0 Å². The Labute approximate surface area is 184 Å². The van der Waals surface area contributed by atoms with Gasteiger partial charge in [-0.25, -0.2) is 4.79 Å². The second kappa shape index (κ2) is 8.71. The molecule has 2 aliphatic heterocycles. The van der Waals surface area contributed by atoms with Gasteiger partial charge in [0, 0.05) is 58.4 Å². The van der Waals surface area contributed by atoms with Crippen molar-refractivity contribution in [2.75, 3.05) is 45.6 Å². The van der Waals surface area contributed by atoms with Crippen LogP contribution in [0.15, 0.2) is 54.6 Å². The summed E-state index contributed by atoms with van der Waals surface area (Å²) in [5.41, 5.74) is 2.70. The number of amides is 3. The average molecular weight is 421 g/mol. The van der Waals surface area contributed by atoms with Gasteiger partial charge in [0.1, 0.15) is 0 Å². The van der Waals surface area contributed by atoms with Crippen LogP contribution >= 0.6 is 0 Å². The first-order valence-corrected chi connectivity index (χ1v) is 11.0. The van der Waals surface area contributed by atoms with Crippen molar-refractivity contribution >= 4 is 17.6 Å². The largest absolute Gasteiger partial charge is 0.348 e. The summed E-state index contributed by atoms with van der Waals surface area (Å²) < 4.78 is 0. The van der Waals surface area contributed by atoms with E-state index in [2.05, 4.69) is 35.3 Å². The molecule has 0 aliphatic carbocycles. The second-order valence-corrected chi connectivity index (χ2v) is 9.07. The summed E-state index contributed by atoms with van der Waals surface area (Å²) in [4.78, 5) is 32.2. The summed E-state index contributed by atoms with van der Waals surface area (Å²) in [5.74, 6) is 0.259. The molecule has 0 aromatic heterocycles. The van der Waals surface area contributed by atoms with E-state index in [1.807, 2.05) is 55.4 Å². The van der Waals surface area contributed by atoms with Gasteiger partial charge in [0.25, 0.3) is 0 Å². The van der Waals surface area contributed by atoms with Crippen molar-refractivity contribution in [3.63, 3.8) is 0 Å². The lowest BCUT2D eigenvalue weighted by atomic mass is 9.80. The van der Waals surface area contributed by atoms with Gasteiger partial charge in [-0.3, -0.25) is 9.69 Å². The highest BCUT2D eigenvalue weighted by Gasteiger charge is 2.58. The molecule has 6 heteroatoms. The summed E-state index contributed by atoms with van der Waals surface area (Å²) in [5, 5.41) is 3.03. The molecule has 0 bridgehead atoms. The minimum absolute atomic E-state index is 0.122. The van der Waals surface area contributed by atoms with E-state index in [4.69, 9.17) is 0 Å². The van der Waals surface area contributed by atoms with Crippen LogP contribution < -0.4 is 5.32 Å². The molecule has 31 heavy (non-hydrogen) atoms.